The molecule has 1 amide bonds. The van der Waals surface area contributed by atoms with E-state index in [0.29, 0.717) is 26.9 Å². The highest BCUT2D eigenvalue weighted by Gasteiger charge is 2.52. The second-order valence-electron chi connectivity index (χ2n) is 6.67. The van der Waals surface area contributed by atoms with Gasteiger partial charge in [0.15, 0.2) is 5.72 Å². The number of methoxy groups -OCH3 is 1. The number of carbonyl (C=O) groups excluding carboxylic acids is 1. The Morgan fingerprint density at radius 1 is 1.29 bits per heavy atom. The maximum atomic E-state index is 13.1. The van der Waals surface area contributed by atoms with Crippen molar-refractivity contribution in [1.29, 1.82) is 5.26 Å². The van der Waals surface area contributed by atoms with E-state index in [1.165, 1.54) is 16.7 Å². The highest BCUT2D eigenvalue weighted by molar-refractivity contribution is 8.03. The molecule has 0 aromatic heterocycles. The van der Waals surface area contributed by atoms with Gasteiger partial charge in [0, 0.05) is 28.5 Å². The predicted molar refractivity (Wildman–Crippen MR) is 108 cm³/mol. The number of benzene rings is 2. The van der Waals surface area contributed by atoms with Crippen LogP contribution in [0.1, 0.15) is 23.5 Å². The molecule has 2 aromatic rings. The van der Waals surface area contributed by atoms with Gasteiger partial charge in [-0.1, -0.05) is 41.9 Å². The van der Waals surface area contributed by atoms with Gasteiger partial charge in [0.1, 0.15) is 5.75 Å². The van der Waals surface area contributed by atoms with Crippen molar-refractivity contribution in [2.75, 3.05) is 12.9 Å². The molecule has 1 fully saturated rings. The molecule has 1 N–H and O–H groups in total. The zero-order chi connectivity index (χ0) is 19.9. The molecule has 2 aliphatic rings. The van der Waals surface area contributed by atoms with Crippen molar-refractivity contribution in [3.05, 3.63) is 75.3 Å². The summed E-state index contributed by atoms with van der Waals surface area (Å²) in [6.45, 7) is 0. The first-order valence-electron chi connectivity index (χ1n) is 8.71. The van der Waals surface area contributed by atoms with Gasteiger partial charge in [-0.15, -0.1) is 11.8 Å². The van der Waals surface area contributed by atoms with E-state index in [1.54, 1.807) is 31.4 Å². The minimum Gasteiger partial charge on any atom is -0.496 e. The van der Waals surface area contributed by atoms with Gasteiger partial charge >= 0.3 is 0 Å². The van der Waals surface area contributed by atoms with E-state index in [4.69, 9.17) is 16.3 Å². The summed E-state index contributed by atoms with van der Waals surface area (Å²) < 4.78 is 5.43. The molecular weight excluding hydrogens is 396 g/mol. The van der Waals surface area contributed by atoms with Gasteiger partial charge in [-0.3, -0.25) is 9.69 Å². The van der Waals surface area contributed by atoms with Crippen LogP contribution >= 0.6 is 23.4 Å². The van der Waals surface area contributed by atoms with Crippen LogP contribution in [0.15, 0.2) is 59.1 Å². The highest BCUT2D eigenvalue weighted by Crippen LogP contribution is 2.52. The second kappa shape index (κ2) is 7.17. The lowest BCUT2D eigenvalue weighted by Gasteiger charge is -2.38. The van der Waals surface area contributed by atoms with E-state index in [-0.39, 0.29) is 18.1 Å². The summed E-state index contributed by atoms with van der Waals surface area (Å²) in [7, 11) is 1.57. The number of aliphatic hydroxyl groups is 1. The first-order chi connectivity index (χ1) is 13.5. The Balaban J connectivity index is 1.82. The van der Waals surface area contributed by atoms with Crippen LogP contribution in [0.4, 0.5) is 0 Å². The summed E-state index contributed by atoms with van der Waals surface area (Å²) in [6.07, 6.45) is 0.0865. The van der Waals surface area contributed by atoms with Gasteiger partial charge in [-0.2, -0.15) is 5.26 Å². The van der Waals surface area contributed by atoms with Gasteiger partial charge in [0.25, 0.3) is 0 Å². The number of allylic oxidation sites excluding steroid dienone is 1. The topological polar surface area (TPSA) is 73.6 Å². The molecule has 4 rings (SSSR count). The van der Waals surface area contributed by atoms with Gasteiger partial charge in [-0.05, 0) is 18.2 Å². The van der Waals surface area contributed by atoms with Crippen LogP contribution in [0.2, 0.25) is 5.02 Å². The van der Waals surface area contributed by atoms with Crippen molar-refractivity contribution in [1.82, 2.24) is 4.90 Å². The Morgan fingerprint density at radius 3 is 2.68 bits per heavy atom. The average Bonchev–Trinajstić information content (AvgIpc) is 3.07. The Bertz CT molecular complexity index is 1020. The van der Waals surface area contributed by atoms with Crippen LogP contribution in [0.5, 0.6) is 5.75 Å². The summed E-state index contributed by atoms with van der Waals surface area (Å²) in [5, 5.41) is 22.3. The zero-order valence-corrected chi connectivity index (χ0v) is 16.6. The number of para-hydroxylation sites is 1. The quantitative estimate of drug-likeness (QED) is 0.825. The molecular formula is C21H17ClN2O3S. The van der Waals surface area contributed by atoms with E-state index in [9.17, 15) is 15.2 Å². The Hall–Kier alpha value is -2.46. The minimum atomic E-state index is -1.50. The second-order valence-corrected chi connectivity index (χ2v) is 8.07. The highest BCUT2D eigenvalue weighted by atomic mass is 35.5. The molecule has 0 radical (unpaired) electrons. The van der Waals surface area contributed by atoms with Crippen LogP contribution in [-0.4, -0.2) is 28.8 Å². The largest absolute Gasteiger partial charge is 0.496 e. The first kappa shape index (κ1) is 18.9. The molecule has 0 bridgehead atoms. The molecule has 0 spiro atoms. The normalized spacial score (nSPS) is 24.1. The molecule has 1 saturated heterocycles. The van der Waals surface area contributed by atoms with Crippen molar-refractivity contribution in [2.45, 2.75) is 18.1 Å². The number of ether oxygens (including phenoxy) is 1. The standard InChI is InChI=1S/C21H17ClN2O3S/c1-27-18-5-3-2-4-15(18)16-10-19(25)24-20(17(16)11-23)28-12-21(24,26)13-6-8-14(22)9-7-13/h2-9,16,26H,10,12H2,1H3/t16-,21-/m0/s1. The van der Waals surface area contributed by atoms with Crippen molar-refractivity contribution in [2.24, 2.45) is 0 Å². The number of nitriles is 1. The molecule has 28 heavy (non-hydrogen) atoms. The third kappa shape index (κ3) is 2.87. The molecule has 5 nitrogen and oxygen atoms in total. The van der Waals surface area contributed by atoms with Crippen LogP contribution in [0, 0.1) is 11.3 Å². The first-order valence-corrected chi connectivity index (χ1v) is 10.1. The molecule has 2 aromatic carbocycles. The predicted octanol–water partition coefficient (Wildman–Crippen LogP) is 3.99. The molecule has 2 heterocycles. The molecule has 0 saturated carbocycles. The Morgan fingerprint density at radius 2 is 2.00 bits per heavy atom. The SMILES string of the molecule is COc1ccccc1[C@@H]1CC(=O)N2C(=C1C#N)SC[C@]2(O)c1ccc(Cl)cc1. The Kier molecular flexibility index (Phi) is 4.84. The zero-order valence-electron chi connectivity index (χ0n) is 15.1. The third-order valence-electron chi connectivity index (χ3n) is 5.13. The van der Waals surface area contributed by atoms with Gasteiger partial charge < -0.3 is 9.84 Å². The van der Waals surface area contributed by atoms with Crippen molar-refractivity contribution < 1.29 is 14.6 Å². The van der Waals surface area contributed by atoms with E-state index in [1.807, 2.05) is 24.3 Å². The van der Waals surface area contributed by atoms with Gasteiger partial charge in [0.05, 0.1) is 29.5 Å². The number of nitrogens with zero attached hydrogens (tertiary/aromatic N) is 2. The van der Waals surface area contributed by atoms with Crippen molar-refractivity contribution in [3.63, 3.8) is 0 Å². The fourth-order valence-corrected chi connectivity index (χ4v) is 5.26. The molecule has 7 heteroatoms. The van der Waals surface area contributed by atoms with Gasteiger partial charge in [-0.25, -0.2) is 0 Å². The monoisotopic (exact) mass is 412 g/mol. The summed E-state index contributed by atoms with van der Waals surface area (Å²) in [5.74, 6) is 0.255. The molecule has 2 atom stereocenters. The van der Waals surface area contributed by atoms with Gasteiger partial charge in [0.2, 0.25) is 5.91 Å². The fourth-order valence-electron chi connectivity index (χ4n) is 3.78. The molecule has 2 aliphatic heterocycles. The fraction of sp³-hybridized carbons (Fsp3) is 0.238. The van der Waals surface area contributed by atoms with E-state index in [0.717, 1.165) is 5.56 Å². The van der Waals surface area contributed by atoms with Crippen LogP contribution < -0.4 is 4.74 Å². The van der Waals surface area contributed by atoms with E-state index in [2.05, 4.69) is 6.07 Å². The number of halogens is 1. The van der Waals surface area contributed by atoms with Crippen LogP contribution in [0.25, 0.3) is 0 Å². The average molecular weight is 413 g/mol. The molecule has 142 valence electrons. The van der Waals surface area contributed by atoms with Crippen molar-refractivity contribution >= 4 is 29.3 Å². The van der Waals surface area contributed by atoms with Crippen molar-refractivity contribution in [3.8, 4) is 11.8 Å². The molecule has 0 unspecified atom stereocenters. The maximum absolute atomic E-state index is 13.1. The summed E-state index contributed by atoms with van der Waals surface area (Å²) >= 11 is 7.28. The lowest BCUT2D eigenvalue weighted by atomic mass is 9.85. The summed E-state index contributed by atoms with van der Waals surface area (Å²) in [4.78, 5) is 14.5. The summed E-state index contributed by atoms with van der Waals surface area (Å²) in [6, 6.07) is 16.4. The third-order valence-corrected chi connectivity index (χ3v) is 6.61. The lowest BCUT2D eigenvalue weighted by molar-refractivity contribution is -0.149. The smallest absolute Gasteiger partial charge is 0.231 e. The lowest BCUT2D eigenvalue weighted by Crippen LogP contribution is -2.48. The Labute approximate surface area is 172 Å². The number of fused-ring (bicyclic) bond motifs is 1. The molecule has 0 aliphatic carbocycles. The van der Waals surface area contributed by atoms with Crippen LogP contribution in [-0.2, 0) is 10.5 Å². The number of hydrogen-bond acceptors (Lipinski definition) is 5. The number of hydrogen-bond donors (Lipinski definition) is 1. The maximum Gasteiger partial charge on any atom is 0.231 e. The van der Waals surface area contributed by atoms with E-state index < -0.39 is 11.6 Å². The minimum absolute atomic E-state index is 0.0865. The number of carbonyl (C=O) groups is 1. The van der Waals surface area contributed by atoms with Crippen LogP contribution in [0.3, 0.4) is 0 Å². The number of thioether (sulfide) groups is 1. The van der Waals surface area contributed by atoms with E-state index >= 15 is 0 Å². The summed E-state index contributed by atoms with van der Waals surface area (Å²) in [5.41, 5.74) is 0.333. The number of amides is 1. The number of rotatable bonds is 3.